The van der Waals surface area contributed by atoms with Crippen LogP contribution in [-0.4, -0.2) is 110 Å². The first-order chi connectivity index (χ1) is 43.2. The lowest BCUT2D eigenvalue weighted by atomic mass is 9.98. The Morgan fingerprint density at radius 2 is 0.682 bits per heavy atom. The average molecular weight is 1250 g/mol. The molecule has 1 heterocycles. The quantitative estimate of drug-likeness (QED) is 0.0215. The Hall–Kier alpha value is -1.41. The molecule has 8 N–H and O–H groups in total. The molecule has 9 atom stereocenters. The van der Waals surface area contributed by atoms with E-state index < -0.39 is 74.2 Å². The fourth-order valence-electron chi connectivity index (χ4n) is 12.8. The number of ether oxygens (including phenoxy) is 2. The predicted octanol–water partition coefficient (Wildman–Crippen LogP) is 19.5. The van der Waals surface area contributed by atoms with Gasteiger partial charge in [-0.05, 0) is 51.4 Å². The molecule has 1 saturated heterocycles. The van der Waals surface area contributed by atoms with Crippen molar-refractivity contribution in [2.75, 3.05) is 13.2 Å². The number of amides is 1. The van der Waals surface area contributed by atoms with Gasteiger partial charge < -0.3 is 50.5 Å². The first-order valence-electron chi connectivity index (χ1n) is 38.7. The van der Waals surface area contributed by atoms with Crippen molar-refractivity contribution in [3.63, 3.8) is 0 Å². The zero-order valence-electron chi connectivity index (χ0n) is 58.0. The van der Waals surface area contributed by atoms with Crippen LogP contribution in [0.25, 0.3) is 0 Å². The van der Waals surface area contributed by atoms with E-state index in [-0.39, 0.29) is 12.8 Å². The molecule has 522 valence electrons. The molecule has 88 heavy (non-hydrogen) atoms. The number of allylic oxidation sites excluding steroid dienone is 4. The highest BCUT2D eigenvalue weighted by atomic mass is 16.7. The van der Waals surface area contributed by atoms with Gasteiger partial charge in [0.25, 0.3) is 0 Å². The fourth-order valence-corrected chi connectivity index (χ4v) is 12.8. The third-order valence-electron chi connectivity index (χ3n) is 19.0. The van der Waals surface area contributed by atoms with E-state index in [1.807, 2.05) is 0 Å². The van der Waals surface area contributed by atoms with Crippen LogP contribution in [0.2, 0.25) is 0 Å². The molecule has 9 unspecified atom stereocenters. The first kappa shape index (κ1) is 84.6. The number of unbranched alkanes of at least 4 members (excludes halogenated alkanes) is 53. The van der Waals surface area contributed by atoms with E-state index in [2.05, 4.69) is 43.5 Å². The van der Waals surface area contributed by atoms with Crippen molar-refractivity contribution in [3.8, 4) is 0 Å². The van der Waals surface area contributed by atoms with Gasteiger partial charge in [0.05, 0.1) is 25.4 Å². The molecule has 0 aliphatic carbocycles. The minimum atomic E-state index is -1.67. The molecule has 0 saturated carbocycles. The van der Waals surface area contributed by atoms with Gasteiger partial charge in [-0.1, -0.05) is 366 Å². The third-order valence-corrected chi connectivity index (χ3v) is 19.0. The molecular weight excluding hydrogens is 1100 g/mol. The van der Waals surface area contributed by atoms with E-state index in [1.165, 1.54) is 308 Å². The van der Waals surface area contributed by atoms with Gasteiger partial charge >= 0.3 is 0 Å². The van der Waals surface area contributed by atoms with Crippen LogP contribution in [0, 0.1) is 0 Å². The third kappa shape index (κ3) is 52.0. The van der Waals surface area contributed by atoms with Crippen LogP contribution < -0.4 is 5.32 Å². The second-order valence-electron chi connectivity index (χ2n) is 27.4. The highest BCUT2D eigenvalue weighted by Crippen LogP contribution is 2.24. The molecule has 1 aliphatic rings. The van der Waals surface area contributed by atoms with E-state index in [4.69, 9.17) is 9.47 Å². The molecule has 0 spiro atoms. The van der Waals surface area contributed by atoms with Crippen LogP contribution in [0.3, 0.4) is 0 Å². The molecule has 0 bridgehead atoms. The van der Waals surface area contributed by atoms with Gasteiger partial charge in [0.1, 0.15) is 36.6 Å². The summed E-state index contributed by atoms with van der Waals surface area (Å²) in [7, 11) is 0. The average Bonchev–Trinajstić information content (AvgIpc) is 3.61. The van der Waals surface area contributed by atoms with Crippen LogP contribution in [-0.2, 0) is 14.3 Å². The normalized spacial score (nSPS) is 18.7. The Morgan fingerprint density at radius 3 is 1.01 bits per heavy atom. The number of aliphatic hydroxyl groups is 7. The molecule has 0 aromatic carbocycles. The lowest BCUT2D eigenvalue weighted by Crippen LogP contribution is -2.60. The number of aliphatic hydroxyl groups excluding tert-OH is 7. The Balaban J connectivity index is 2.14. The summed E-state index contributed by atoms with van der Waals surface area (Å²) in [5.41, 5.74) is 0. The Kier molecular flexibility index (Phi) is 63.1. The van der Waals surface area contributed by atoms with E-state index >= 15 is 0 Å². The number of hydrogen-bond donors (Lipinski definition) is 8. The molecule has 1 amide bonds. The molecule has 0 radical (unpaired) electrons. The Bertz CT molecular complexity index is 1480. The van der Waals surface area contributed by atoms with Crippen molar-refractivity contribution in [2.45, 2.75) is 448 Å². The molecule has 0 aromatic heterocycles. The second kappa shape index (κ2) is 65.6. The van der Waals surface area contributed by atoms with E-state index in [9.17, 15) is 40.5 Å². The molecule has 1 rings (SSSR count). The highest BCUT2D eigenvalue weighted by Gasteiger charge is 2.44. The summed E-state index contributed by atoms with van der Waals surface area (Å²) in [5.74, 6) is -0.702. The zero-order valence-corrected chi connectivity index (χ0v) is 58.0. The van der Waals surface area contributed by atoms with Crippen molar-refractivity contribution in [2.24, 2.45) is 0 Å². The summed E-state index contributed by atoms with van der Waals surface area (Å²) in [4.78, 5) is 13.3. The van der Waals surface area contributed by atoms with Crippen LogP contribution in [0.5, 0.6) is 0 Å². The summed E-state index contributed by atoms with van der Waals surface area (Å²) < 4.78 is 11.2. The maximum absolute atomic E-state index is 13.3. The van der Waals surface area contributed by atoms with Gasteiger partial charge in [-0.25, -0.2) is 0 Å². The van der Waals surface area contributed by atoms with Crippen LogP contribution >= 0.6 is 0 Å². The molecule has 11 heteroatoms. The Labute approximate surface area is 544 Å². The maximum atomic E-state index is 13.3. The van der Waals surface area contributed by atoms with E-state index in [1.54, 1.807) is 0 Å². The highest BCUT2D eigenvalue weighted by molar-refractivity contribution is 5.80. The number of nitrogens with one attached hydrogen (secondary N) is 1. The monoisotopic (exact) mass is 1250 g/mol. The van der Waals surface area contributed by atoms with Crippen molar-refractivity contribution < 1.29 is 50.0 Å². The Morgan fingerprint density at radius 1 is 0.386 bits per heavy atom. The number of hydrogen-bond acceptors (Lipinski definition) is 10. The molecule has 0 aromatic rings. The lowest BCUT2D eigenvalue weighted by Gasteiger charge is -2.40. The number of carbonyl (C=O) groups is 1. The van der Waals surface area contributed by atoms with Crippen molar-refractivity contribution in [3.05, 3.63) is 24.3 Å². The van der Waals surface area contributed by atoms with E-state index in [0.717, 1.165) is 38.5 Å². The van der Waals surface area contributed by atoms with Gasteiger partial charge in [0.15, 0.2) is 6.29 Å². The van der Waals surface area contributed by atoms with Gasteiger partial charge in [-0.15, -0.1) is 0 Å². The van der Waals surface area contributed by atoms with Crippen LogP contribution in [0.4, 0.5) is 0 Å². The second-order valence-corrected chi connectivity index (χ2v) is 27.4. The van der Waals surface area contributed by atoms with Gasteiger partial charge in [0.2, 0.25) is 5.91 Å². The van der Waals surface area contributed by atoms with Gasteiger partial charge in [0, 0.05) is 0 Å². The summed E-state index contributed by atoms with van der Waals surface area (Å²) in [5, 5.41) is 76.6. The summed E-state index contributed by atoms with van der Waals surface area (Å²) in [6, 6.07) is -1.19. The van der Waals surface area contributed by atoms with Crippen LogP contribution in [0.15, 0.2) is 24.3 Å². The first-order valence-corrected chi connectivity index (χ1v) is 38.7. The van der Waals surface area contributed by atoms with Gasteiger partial charge in [-0.2, -0.15) is 0 Å². The molecule has 1 aliphatic heterocycles. The lowest BCUT2D eigenvalue weighted by molar-refractivity contribution is -0.303. The SMILES string of the molecule is CCCCCCCCCCCCCCCCCC/C=C/CC/C=C/CCCC(O)C(O)C(COC1OC(CO)C(O)C(O)C1O)NC(=O)C(O)CCCCCCCCCCCCCCCCCCCCCCCCCCCCCCCCCCCCCC. The smallest absolute Gasteiger partial charge is 0.249 e. The number of carbonyl (C=O) groups excluding carboxylic acids is 1. The summed E-state index contributed by atoms with van der Waals surface area (Å²) in [6.07, 6.45) is 73.0. The largest absolute Gasteiger partial charge is 0.394 e. The molecule has 11 nitrogen and oxygen atoms in total. The summed E-state index contributed by atoms with van der Waals surface area (Å²) in [6.45, 7) is 3.51. The van der Waals surface area contributed by atoms with E-state index in [0.29, 0.717) is 19.3 Å². The predicted molar refractivity (Wildman–Crippen MR) is 372 cm³/mol. The maximum Gasteiger partial charge on any atom is 0.249 e. The molecular formula is C77H149NO10. The minimum Gasteiger partial charge on any atom is -0.394 e. The number of rotatable bonds is 69. The summed E-state index contributed by atoms with van der Waals surface area (Å²) >= 11 is 0. The van der Waals surface area contributed by atoms with Crippen molar-refractivity contribution in [1.82, 2.24) is 5.32 Å². The minimum absolute atomic E-state index is 0.249. The standard InChI is InChI=1S/C77H149NO10/c1-3-5-7-9-11-13-15-17-19-21-23-25-27-29-30-31-32-33-34-35-36-37-38-39-41-43-45-47-49-51-53-55-57-59-61-63-65-70(81)76(86)78-68(67-87-77-75(85)74(84)73(83)71(66-79)88-77)72(82)69(80)64-62-60-58-56-54-52-50-48-46-44-42-40-28-26-24-22-20-18-16-14-12-10-8-6-4-2/h48,50,56,58,68-75,77,79-85H,3-47,49,51-55,57,59-67H2,1-2H3,(H,78,86)/b50-48+,58-56+. The fraction of sp³-hybridized carbons (Fsp3) is 0.935. The molecule has 1 fully saturated rings. The van der Waals surface area contributed by atoms with Crippen molar-refractivity contribution in [1.29, 1.82) is 0 Å². The van der Waals surface area contributed by atoms with Gasteiger partial charge in [-0.3, -0.25) is 4.79 Å². The van der Waals surface area contributed by atoms with Crippen LogP contribution in [0.1, 0.15) is 393 Å². The zero-order chi connectivity index (χ0) is 63.9. The topological polar surface area (TPSA) is 189 Å². The van der Waals surface area contributed by atoms with Crippen molar-refractivity contribution >= 4 is 5.91 Å².